The van der Waals surface area contributed by atoms with Gasteiger partial charge in [0.15, 0.2) is 17.5 Å². The van der Waals surface area contributed by atoms with Crippen molar-refractivity contribution >= 4 is 5.96 Å². The Bertz CT molecular complexity index is 545. The molecule has 1 atom stereocenters. The van der Waals surface area contributed by atoms with Gasteiger partial charge in [0.2, 0.25) is 0 Å². The molecule has 1 aromatic rings. The Kier molecular flexibility index (Phi) is 7.22. The summed E-state index contributed by atoms with van der Waals surface area (Å²) in [6.45, 7) is 5.46. The summed E-state index contributed by atoms with van der Waals surface area (Å²) in [5.41, 5.74) is 1.26. The normalized spacial score (nSPS) is 18.4. The lowest BCUT2D eigenvalue weighted by atomic mass is 10.0. The molecule has 1 heterocycles. The lowest BCUT2D eigenvalue weighted by molar-refractivity contribution is 0.266. The average Bonchev–Trinajstić information content (AvgIpc) is 2.61. The maximum absolute atomic E-state index is 5.36. The van der Waals surface area contributed by atoms with Crippen LogP contribution in [0.25, 0.3) is 0 Å². The number of guanidine groups is 1. The summed E-state index contributed by atoms with van der Waals surface area (Å²) in [6, 6.07) is 6.12. The van der Waals surface area contributed by atoms with Crippen molar-refractivity contribution in [2.45, 2.75) is 32.6 Å². The molecule has 1 unspecified atom stereocenters. The van der Waals surface area contributed by atoms with Gasteiger partial charge in [-0.05, 0) is 49.3 Å². The predicted octanol–water partition coefficient (Wildman–Crippen LogP) is 2.94. The minimum atomic E-state index is 0.754. The smallest absolute Gasteiger partial charge is 0.193 e. The maximum Gasteiger partial charge on any atom is 0.193 e. The Labute approximate surface area is 146 Å². The third kappa shape index (κ3) is 5.05. The quantitative estimate of drug-likeness (QED) is 0.494. The standard InChI is InChI=1S/C19H31N3O2/c1-15-7-6-12-22(14-15)19(20-2)21-11-5-8-16-9-10-17(23-3)18(13-16)24-4/h9-10,13,15H,5-8,11-12,14H2,1-4H3,(H,20,21). The van der Waals surface area contributed by atoms with E-state index in [-0.39, 0.29) is 0 Å². The molecule has 0 amide bonds. The number of hydrogen-bond acceptors (Lipinski definition) is 3. The van der Waals surface area contributed by atoms with Crippen LogP contribution in [0.4, 0.5) is 0 Å². The summed E-state index contributed by atoms with van der Waals surface area (Å²) >= 11 is 0. The first-order valence-electron chi connectivity index (χ1n) is 8.84. The van der Waals surface area contributed by atoms with Crippen LogP contribution in [-0.2, 0) is 6.42 Å². The van der Waals surface area contributed by atoms with Crippen LogP contribution in [0.1, 0.15) is 31.7 Å². The molecule has 0 aliphatic carbocycles. The first kappa shape index (κ1) is 18.4. The van der Waals surface area contributed by atoms with E-state index in [0.717, 1.165) is 55.9 Å². The lowest BCUT2D eigenvalue weighted by Crippen LogP contribution is -2.46. The zero-order valence-corrected chi connectivity index (χ0v) is 15.5. The number of nitrogens with zero attached hydrogens (tertiary/aromatic N) is 2. The molecule has 0 spiro atoms. The van der Waals surface area contributed by atoms with E-state index in [1.54, 1.807) is 14.2 Å². The highest BCUT2D eigenvalue weighted by atomic mass is 16.5. The number of hydrogen-bond donors (Lipinski definition) is 1. The lowest BCUT2D eigenvalue weighted by Gasteiger charge is -2.33. The monoisotopic (exact) mass is 333 g/mol. The molecule has 1 fully saturated rings. The Morgan fingerprint density at radius 3 is 2.75 bits per heavy atom. The van der Waals surface area contributed by atoms with Crippen molar-refractivity contribution < 1.29 is 9.47 Å². The highest BCUT2D eigenvalue weighted by Crippen LogP contribution is 2.27. The molecule has 1 N–H and O–H groups in total. The topological polar surface area (TPSA) is 46.1 Å². The molecule has 2 rings (SSSR count). The van der Waals surface area contributed by atoms with Crippen LogP contribution in [0.3, 0.4) is 0 Å². The molecule has 0 radical (unpaired) electrons. The number of likely N-dealkylation sites (tertiary alicyclic amines) is 1. The highest BCUT2D eigenvalue weighted by Gasteiger charge is 2.18. The molecular weight excluding hydrogens is 302 g/mol. The fourth-order valence-electron chi connectivity index (χ4n) is 3.24. The third-order valence-corrected chi connectivity index (χ3v) is 4.54. The highest BCUT2D eigenvalue weighted by molar-refractivity contribution is 5.79. The minimum absolute atomic E-state index is 0.754. The second kappa shape index (κ2) is 9.40. The van der Waals surface area contributed by atoms with Crippen molar-refractivity contribution in [2.24, 2.45) is 10.9 Å². The fraction of sp³-hybridized carbons (Fsp3) is 0.632. The van der Waals surface area contributed by atoms with E-state index >= 15 is 0 Å². The number of piperidine rings is 1. The van der Waals surface area contributed by atoms with E-state index in [2.05, 4.69) is 34.3 Å². The number of ether oxygens (including phenoxy) is 2. The molecule has 0 bridgehead atoms. The molecule has 5 nitrogen and oxygen atoms in total. The van der Waals surface area contributed by atoms with Crippen molar-refractivity contribution in [1.82, 2.24) is 10.2 Å². The van der Waals surface area contributed by atoms with Crippen LogP contribution in [-0.4, -0.2) is 51.8 Å². The van der Waals surface area contributed by atoms with E-state index in [4.69, 9.17) is 9.47 Å². The van der Waals surface area contributed by atoms with Gasteiger partial charge in [-0.15, -0.1) is 0 Å². The van der Waals surface area contributed by atoms with Crippen molar-refractivity contribution in [3.05, 3.63) is 23.8 Å². The number of aryl methyl sites for hydroxylation is 1. The van der Waals surface area contributed by atoms with Gasteiger partial charge in [0.1, 0.15) is 0 Å². The molecule has 5 heteroatoms. The summed E-state index contributed by atoms with van der Waals surface area (Å²) in [5, 5.41) is 3.50. The van der Waals surface area contributed by atoms with Gasteiger partial charge in [-0.25, -0.2) is 0 Å². The van der Waals surface area contributed by atoms with Crippen molar-refractivity contribution in [3.63, 3.8) is 0 Å². The van der Waals surface area contributed by atoms with Crippen molar-refractivity contribution in [2.75, 3.05) is 40.9 Å². The van der Waals surface area contributed by atoms with E-state index in [9.17, 15) is 0 Å². The van der Waals surface area contributed by atoms with E-state index in [1.807, 2.05) is 13.1 Å². The molecule has 0 aromatic heterocycles. The fourth-order valence-corrected chi connectivity index (χ4v) is 3.24. The molecule has 1 aliphatic heterocycles. The Balaban J connectivity index is 1.79. The first-order chi connectivity index (χ1) is 11.7. The maximum atomic E-state index is 5.36. The summed E-state index contributed by atoms with van der Waals surface area (Å²) < 4.78 is 10.6. The zero-order chi connectivity index (χ0) is 17.4. The van der Waals surface area contributed by atoms with E-state index < -0.39 is 0 Å². The van der Waals surface area contributed by atoms with Gasteiger partial charge in [0.25, 0.3) is 0 Å². The second-order valence-corrected chi connectivity index (χ2v) is 6.46. The van der Waals surface area contributed by atoms with Crippen LogP contribution in [0, 0.1) is 5.92 Å². The third-order valence-electron chi connectivity index (χ3n) is 4.54. The Morgan fingerprint density at radius 2 is 2.08 bits per heavy atom. The average molecular weight is 333 g/mol. The van der Waals surface area contributed by atoms with Gasteiger partial charge in [0.05, 0.1) is 14.2 Å². The number of nitrogens with one attached hydrogen (secondary N) is 1. The zero-order valence-electron chi connectivity index (χ0n) is 15.5. The van der Waals surface area contributed by atoms with Gasteiger partial charge >= 0.3 is 0 Å². The molecular formula is C19H31N3O2. The molecule has 134 valence electrons. The van der Waals surface area contributed by atoms with Gasteiger partial charge < -0.3 is 19.7 Å². The summed E-state index contributed by atoms with van der Waals surface area (Å²) in [4.78, 5) is 6.82. The van der Waals surface area contributed by atoms with Crippen molar-refractivity contribution in [3.8, 4) is 11.5 Å². The minimum Gasteiger partial charge on any atom is -0.493 e. The molecule has 24 heavy (non-hydrogen) atoms. The summed E-state index contributed by atoms with van der Waals surface area (Å²) in [6.07, 6.45) is 4.64. The number of benzene rings is 1. The summed E-state index contributed by atoms with van der Waals surface area (Å²) in [7, 11) is 5.21. The van der Waals surface area contributed by atoms with Crippen LogP contribution in [0.15, 0.2) is 23.2 Å². The van der Waals surface area contributed by atoms with Crippen LogP contribution in [0.2, 0.25) is 0 Å². The van der Waals surface area contributed by atoms with Crippen LogP contribution < -0.4 is 14.8 Å². The van der Waals surface area contributed by atoms with Gasteiger partial charge in [-0.3, -0.25) is 4.99 Å². The van der Waals surface area contributed by atoms with E-state index in [1.165, 1.54) is 18.4 Å². The predicted molar refractivity (Wildman–Crippen MR) is 99.2 cm³/mol. The van der Waals surface area contributed by atoms with Crippen molar-refractivity contribution in [1.29, 1.82) is 0 Å². The van der Waals surface area contributed by atoms with Gasteiger partial charge in [-0.1, -0.05) is 13.0 Å². The largest absolute Gasteiger partial charge is 0.493 e. The van der Waals surface area contributed by atoms with Gasteiger partial charge in [-0.2, -0.15) is 0 Å². The Hall–Kier alpha value is -1.91. The number of methoxy groups -OCH3 is 2. The molecule has 1 saturated heterocycles. The number of aliphatic imine (C=N–C) groups is 1. The molecule has 1 aromatic carbocycles. The SMILES string of the molecule is CN=C(NCCCc1ccc(OC)c(OC)c1)N1CCCC(C)C1. The first-order valence-corrected chi connectivity index (χ1v) is 8.84. The second-order valence-electron chi connectivity index (χ2n) is 6.46. The Morgan fingerprint density at radius 1 is 1.29 bits per heavy atom. The van der Waals surface area contributed by atoms with Crippen LogP contribution in [0.5, 0.6) is 11.5 Å². The van der Waals surface area contributed by atoms with Gasteiger partial charge in [0, 0.05) is 26.7 Å². The number of rotatable bonds is 6. The molecule has 0 saturated carbocycles. The van der Waals surface area contributed by atoms with Crippen LogP contribution >= 0.6 is 0 Å². The van der Waals surface area contributed by atoms with E-state index in [0.29, 0.717) is 0 Å². The molecule has 1 aliphatic rings. The summed E-state index contributed by atoms with van der Waals surface area (Å²) in [5.74, 6) is 3.36.